The van der Waals surface area contributed by atoms with Gasteiger partial charge < -0.3 is 19.5 Å². The fourth-order valence-electron chi connectivity index (χ4n) is 4.47. The van der Waals surface area contributed by atoms with Crippen LogP contribution in [0.1, 0.15) is 20.7 Å². The van der Waals surface area contributed by atoms with Crippen LogP contribution in [-0.2, 0) is 0 Å². The summed E-state index contributed by atoms with van der Waals surface area (Å²) in [7, 11) is 0. The Morgan fingerprint density at radius 1 is 0.614 bits per heavy atom. The van der Waals surface area contributed by atoms with E-state index in [1.165, 1.54) is 36.4 Å². The zero-order chi connectivity index (χ0) is 30.2. The van der Waals surface area contributed by atoms with Crippen molar-refractivity contribution in [3.63, 3.8) is 0 Å². The van der Waals surface area contributed by atoms with Crippen molar-refractivity contribution < 1.29 is 18.4 Å². The number of carbonyl (C=O) groups excluding carboxylic acids is 2. The first kappa shape index (κ1) is 26.1. The second-order valence-electron chi connectivity index (χ2n) is 9.30. The van der Waals surface area contributed by atoms with Gasteiger partial charge in [0.2, 0.25) is 11.6 Å². The molecule has 0 spiro atoms. The Kier molecular flexibility index (Phi) is 6.24. The summed E-state index contributed by atoms with van der Waals surface area (Å²) in [5.74, 6) is -0.523. The molecule has 7 rings (SSSR count). The summed E-state index contributed by atoms with van der Waals surface area (Å²) < 4.78 is 11.7. The molecule has 0 unspecified atom stereocenters. The van der Waals surface area contributed by atoms with Gasteiger partial charge in [0.1, 0.15) is 0 Å². The maximum Gasteiger partial charge on any atom is 0.255 e. The lowest BCUT2D eigenvalue weighted by atomic mass is 10.1. The van der Waals surface area contributed by atoms with Crippen LogP contribution < -0.4 is 21.5 Å². The van der Waals surface area contributed by atoms with E-state index in [0.29, 0.717) is 0 Å². The van der Waals surface area contributed by atoms with Gasteiger partial charge in [0.05, 0.1) is 22.1 Å². The first-order valence-electron chi connectivity index (χ1n) is 12.8. The van der Waals surface area contributed by atoms with E-state index in [0.717, 1.165) is 0 Å². The van der Waals surface area contributed by atoms with E-state index in [9.17, 15) is 19.2 Å². The fraction of sp³-hybridized carbons (Fsp3) is 0. The molecule has 16 heteroatoms. The third-order valence-corrected chi connectivity index (χ3v) is 6.57. The third-order valence-electron chi connectivity index (χ3n) is 6.57. The van der Waals surface area contributed by atoms with Crippen molar-refractivity contribution in [2.24, 2.45) is 0 Å². The van der Waals surface area contributed by atoms with Crippen LogP contribution in [0.4, 0.5) is 11.4 Å². The molecule has 7 aromatic rings. The smallest absolute Gasteiger partial charge is 0.255 e. The van der Waals surface area contributed by atoms with Gasteiger partial charge in [-0.15, -0.1) is 10.2 Å². The molecule has 214 valence electrons. The summed E-state index contributed by atoms with van der Waals surface area (Å²) in [5.41, 5.74) is 0.551. The highest BCUT2D eigenvalue weighted by Crippen LogP contribution is 2.27. The summed E-state index contributed by atoms with van der Waals surface area (Å²) in [6.45, 7) is 0. The number of fused-ring (bicyclic) bond motifs is 2. The highest BCUT2D eigenvalue weighted by Gasteiger charge is 2.17. The van der Waals surface area contributed by atoms with Crippen molar-refractivity contribution >= 4 is 45.1 Å². The molecule has 0 aliphatic heterocycles. The van der Waals surface area contributed by atoms with Gasteiger partial charge in [-0.25, -0.2) is 10.2 Å². The minimum absolute atomic E-state index is 0.0984. The second kappa shape index (κ2) is 10.5. The lowest BCUT2D eigenvalue weighted by Crippen LogP contribution is -2.15. The minimum atomic E-state index is -0.510. The lowest BCUT2D eigenvalue weighted by Gasteiger charge is -2.10. The van der Waals surface area contributed by atoms with Crippen LogP contribution in [0.15, 0.2) is 91.2 Å². The van der Waals surface area contributed by atoms with Gasteiger partial charge in [-0.05, 0) is 69.4 Å². The number of amides is 2. The number of aromatic nitrogens is 8. The Hall–Kier alpha value is -6.84. The standard InChI is InChI=1S/C28H16N10O6/c39-19-11-21(25-31-35-36-32-25)43-23-15(19)3-1-5-17(23)29-27(41)13-7-9-14(10-8-13)28(42)30-18-6-2-4-16-20(40)12-22(44-24(16)18)26-33-37-38-34-26/h1-12H,(H,29,41)(H,30,42)(H,31,32,35,36)(H,33,34,37,38). The molecule has 0 saturated heterocycles. The van der Waals surface area contributed by atoms with Crippen molar-refractivity contribution in [1.82, 2.24) is 41.2 Å². The number of aromatic amines is 2. The summed E-state index contributed by atoms with van der Waals surface area (Å²) >= 11 is 0. The van der Waals surface area contributed by atoms with Crippen molar-refractivity contribution in [3.05, 3.63) is 104 Å². The number of nitrogens with zero attached hydrogens (tertiary/aromatic N) is 6. The van der Waals surface area contributed by atoms with Crippen LogP contribution in [-0.4, -0.2) is 53.1 Å². The van der Waals surface area contributed by atoms with Gasteiger partial charge >= 0.3 is 0 Å². The zero-order valence-corrected chi connectivity index (χ0v) is 22.1. The number of carbonyl (C=O) groups is 2. The first-order valence-corrected chi connectivity index (χ1v) is 12.8. The number of H-pyrrole nitrogens is 2. The van der Waals surface area contributed by atoms with E-state index in [2.05, 4.69) is 51.9 Å². The minimum Gasteiger partial charge on any atom is -0.450 e. The topological polar surface area (TPSA) is 228 Å². The Labute approximate surface area is 243 Å². The van der Waals surface area contributed by atoms with Crippen molar-refractivity contribution in [2.45, 2.75) is 0 Å². The number of hydrogen-bond donors (Lipinski definition) is 4. The van der Waals surface area contributed by atoms with Crippen LogP contribution >= 0.6 is 0 Å². The Morgan fingerprint density at radius 3 is 1.43 bits per heavy atom. The number of nitrogens with one attached hydrogen (secondary N) is 4. The number of benzene rings is 3. The van der Waals surface area contributed by atoms with Crippen LogP contribution in [0.2, 0.25) is 0 Å². The SMILES string of the molecule is O=C(Nc1cccc2c(=O)cc(-c3nnn[nH]3)oc12)c1ccc(C(=O)Nc2cccc3c(=O)cc(-c4nnn[nH]4)oc23)cc1. The quantitative estimate of drug-likeness (QED) is 0.220. The second-order valence-corrected chi connectivity index (χ2v) is 9.30. The van der Waals surface area contributed by atoms with Gasteiger partial charge in [0.15, 0.2) is 33.5 Å². The highest BCUT2D eigenvalue weighted by molar-refractivity contribution is 6.10. The Morgan fingerprint density at radius 2 is 1.05 bits per heavy atom. The third kappa shape index (κ3) is 4.73. The van der Waals surface area contributed by atoms with Gasteiger partial charge in [-0.2, -0.15) is 0 Å². The molecule has 16 nitrogen and oxygen atoms in total. The van der Waals surface area contributed by atoms with E-state index < -0.39 is 11.8 Å². The molecule has 0 aliphatic carbocycles. The number of anilines is 2. The largest absolute Gasteiger partial charge is 0.450 e. The normalized spacial score (nSPS) is 11.1. The van der Waals surface area contributed by atoms with Crippen LogP contribution in [0, 0.1) is 0 Å². The maximum atomic E-state index is 13.1. The Balaban J connectivity index is 1.13. The molecule has 0 atom stereocenters. The summed E-state index contributed by atoms with van der Waals surface area (Å²) in [6, 6.07) is 17.9. The van der Waals surface area contributed by atoms with E-state index >= 15 is 0 Å². The van der Waals surface area contributed by atoms with E-state index in [1.54, 1.807) is 36.4 Å². The van der Waals surface area contributed by atoms with Gasteiger partial charge in [-0.3, -0.25) is 19.2 Å². The fourth-order valence-corrected chi connectivity index (χ4v) is 4.47. The van der Waals surface area contributed by atoms with Gasteiger partial charge in [-0.1, -0.05) is 12.1 Å². The predicted molar refractivity (Wildman–Crippen MR) is 154 cm³/mol. The molecule has 4 heterocycles. The Bertz CT molecular complexity index is 2150. The average Bonchev–Trinajstić information content (AvgIpc) is 3.77. The molecule has 0 bridgehead atoms. The molecule has 4 aromatic heterocycles. The molecule has 3 aromatic carbocycles. The van der Waals surface area contributed by atoms with Crippen LogP contribution in [0.3, 0.4) is 0 Å². The van der Waals surface area contributed by atoms with Crippen molar-refractivity contribution in [1.29, 1.82) is 0 Å². The number of tetrazole rings is 2. The van der Waals surface area contributed by atoms with E-state index in [4.69, 9.17) is 8.83 Å². The molecule has 4 N–H and O–H groups in total. The van der Waals surface area contributed by atoms with Crippen LogP contribution in [0.5, 0.6) is 0 Å². The van der Waals surface area contributed by atoms with Gasteiger partial charge in [0, 0.05) is 23.3 Å². The van der Waals surface area contributed by atoms with Crippen molar-refractivity contribution in [3.8, 4) is 23.2 Å². The van der Waals surface area contributed by atoms with Gasteiger partial charge in [0.25, 0.3) is 11.8 Å². The monoisotopic (exact) mass is 588 g/mol. The average molecular weight is 589 g/mol. The summed E-state index contributed by atoms with van der Waals surface area (Å²) in [4.78, 5) is 51.6. The number of hydrogen-bond acceptors (Lipinski definition) is 12. The molecule has 0 aliphatic rings. The summed E-state index contributed by atoms with van der Waals surface area (Å²) in [6.07, 6.45) is 0. The molecular weight excluding hydrogens is 572 g/mol. The van der Waals surface area contributed by atoms with Crippen LogP contribution in [0.25, 0.3) is 45.1 Å². The zero-order valence-electron chi connectivity index (χ0n) is 22.1. The summed E-state index contributed by atoms with van der Waals surface area (Å²) in [5, 5.41) is 32.5. The molecule has 2 amide bonds. The lowest BCUT2D eigenvalue weighted by molar-refractivity contribution is 0.101. The first-order chi connectivity index (χ1) is 21.4. The highest BCUT2D eigenvalue weighted by atomic mass is 16.3. The molecule has 44 heavy (non-hydrogen) atoms. The number of rotatable bonds is 6. The van der Waals surface area contributed by atoms with Crippen molar-refractivity contribution in [2.75, 3.05) is 10.6 Å². The molecule has 0 radical (unpaired) electrons. The predicted octanol–water partition coefficient (Wildman–Crippen LogP) is 2.76. The molecule has 0 saturated carbocycles. The van der Waals surface area contributed by atoms with E-state index in [-0.39, 0.29) is 78.5 Å². The molecule has 0 fully saturated rings. The van der Waals surface area contributed by atoms with E-state index in [1.807, 2.05) is 0 Å². The number of para-hydroxylation sites is 2. The maximum absolute atomic E-state index is 13.1. The molecular formula is C28H16N10O6.